The van der Waals surface area contributed by atoms with E-state index in [1.54, 1.807) is 0 Å². The number of aliphatic hydroxyl groups excluding tert-OH is 2. The lowest BCUT2D eigenvalue weighted by Gasteiger charge is -2.43. The van der Waals surface area contributed by atoms with Gasteiger partial charge in [-0.2, -0.15) is 0 Å². The third-order valence-electron chi connectivity index (χ3n) is 6.46. The van der Waals surface area contributed by atoms with Gasteiger partial charge in [-0.3, -0.25) is 4.79 Å². The lowest BCUT2D eigenvalue weighted by atomic mass is 9.76. The second-order valence-electron chi connectivity index (χ2n) is 8.16. The Labute approximate surface area is 174 Å². The predicted molar refractivity (Wildman–Crippen MR) is 109 cm³/mol. The van der Waals surface area contributed by atoms with Crippen LogP contribution in [0, 0.1) is 5.92 Å². The molecule has 1 amide bonds. The maximum absolute atomic E-state index is 13.4. The smallest absolute Gasteiger partial charge is 0.231 e. The molecule has 5 atom stereocenters. The summed E-state index contributed by atoms with van der Waals surface area (Å²) in [5.74, 6) is 0.866. The number of piperidine rings is 1. The average molecular weight is 420 g/mol. The van der Waals surface area contributed by atoms with Gasteiger partial charge in [0.05, 0.1) is 24.1 Å². The summed E-state index contributed by atoms with van der Waals surface area (Å²) in [5.41, 5.74) is 0.777. The molecule has 1 aromatic carbocycles. The summed E-state index contributed by atoms with van der Waals surface area (Å²) in [5, 5.41) is 24.7. The van der Waals surface area contributed by atoms with Gasteiger partial charge in [-0.05, 0) is 50.0 Å². The number of aliphatic hydroxyl groups is 2. The number of ether oxygens (including phenoxy) is 2. The third-order valence-corrected chi connectivity index (χ3v) is 6.78. The van der Waals surface area contributed by atoms with Crippen LogP contribution in [0.15, 0.2) is 18.2 Å². The van der Waals surface area contributed by atoms with Gasteiger partial charge in [0.1, 0.15) is 6.10 Å². The lowest BCUT2D eigenvalue weighted by molar-refractivity contribution is -0.142. The van der Waals surface area contributed by atoms with Crippen LogP contribution in [0.5, 0.6) is 11.5 Å². The first kappa shape index (κ1) is 18.9. The number of nitrogens with zero attached hydrogens (tertiary/aromatic N) is 2. The molecule has 9 heteroatoms. The Hall–Kier alpha value is -2.10. The molecule has 8 nitrogen and oxygen atoms in total. The van der Waals surface area contributed by atoms with Crippen molar-refractivity contribution < 1.29 is 24.5 Å². The Bertz CT molecular complexity index is 830. The van der Waals surface area contributed by atoms with Crippen LogP contribution in [0.3, 0.4) is 0 Å². The van der Waals surface area contributed by atoms with Crippen LogP contribution < -0.4 is 19.7 Å². The molecule has 0 aromatic heterocycles. The molecule has 1 aromatic rings. The van der Waals surface area contributed by atoms with Crippen molar-refractivity contribution in [1.82, 2.24) is 10.2 Å². The fraction of sp³-hybridized carbons (Fsp3) is 0.600. The number of anilines is 1. The first-order valence-corrected chi connectivity index (χ1v) is 10.6. The number of rotatable bonds is 2. The molecule has 3 aliphatic heterocycles. The summed E-state index contributed by atoms with van der Waals surface area (Å²) >= 11 is 5.58. The second-order valence-corrected chi connectivity index (χ2v) is 8.55. The number of hydrogen-bond donors (Lipinski definition) is 3. The van der Waals surface area contributed by atoms with Crippen LogP contribution >= 0.6 is 12.2 Å². The quantitative estimate of drug-likeness (QED) is 0.600. The molecular formula is C20H25N3O5S. The molecule has 2 saturated heterocycles. The van der Waals surface area contributed by atoms with Gasteiger partial charge >= 0.3 is 0 Å². The summed E-state index contributed by atoms with van der Waals surface area (Å²) in [7, 11) is 0. The normalized spacial score (nSPS) is 33.4. The van der Waals surface area contributed by atoms with Crippen LogP contribution in [0.4, 0.5) is 5.69 Å². The van der Waals surface area contributed by atoms with Crippen molar-refractivity contribution >= 4 is 28.9 Å². The zero-order valence-corrected chi connectivity index (χ0v) is 16.8. The van der Waals surface area contributed by atoms with Gasteiger partial charge in [0, 0.05) is 24.8 Å². The minimum atomic E-state index is -0.998. The molecule has 3 heterocycles. The minimum absolute atomic E-state index is 0.0305. The van der Waals surface area contributed by atoms with Crippen LogP contribution in [0.1, 0.15) is 25.7 Å². The predicted octanol–water partition coefficient (Wildman–Crippen LogP) is 0.601. The Kier molecular flexibility index (Phi) is 4.76. The standard InChI is InChI=1S/C20H25N3O5S/c24-13-9-12(19(26)22-6-2-1-3-7-22)17-16(18(13)25)21-20(29)23(17)11-4-5-14-15(8-11)28-10-27-14/h4-5,8,12-13,16-18,24-25H,1-3,6-7,9-10H2,(H,21,29). The molecule has 156 valence electrons. The van der Waals surface area contributed by atoms with E-state index >= 15 is 0 Å². The first-order chi connectivity index (χ1) is 14.0. The first-order valence-electron chi connectivity index (χ1n) is 10.2. The number of carbonyl (C=O) groups excluding carboxylic acids is 1. The van der Waals surface area contributed by atoms with Gasteiger partial charge in [0.25, 0.3) is 0 Å². The highest BCUT2D eigenvalue weighted by molar-refractivity contribution is 7.80. The molecule has 1 saturated carbocycles. The zero-order chi connectivity index (χ0) is 20.1. The van der Waals surface area contributed by atoms with Crippen LogP contribution in [0.25, 0.3) is 0 Å². The van der Waals surface area contributed by atoms with Crippen LogP contribution in [-0.2, 0) is 4.79 Å². The van der Waals surface area contributed by atoms with E-state index in [1.807, 2.05) is 28.0 Å². The van der Waals surface area contributed by atoms with Gasteiger partial charge in [-0.15, -0.1) is 0 Å². The number of benzene rings is 1. The van der Waals surface area contributed by atoms with Gasteiger partial charge in [-0.1, -0.05) is 0 Å². The molecule has 29 heavy (non-hydrogen) atoms. The van der Waals surface area contributed by atoms with Crippen molar-refractivity contribution in [1.29, 1.82) is 0 Å². The number of nitrogens with one attached hydrogen (secondary N) is 1. The molecule has 5 rings (SSSR count). The molecule has 0 spiro atoms. The Morgan fingerprint density at radius 2 is 1.90 bits per heavy atom. The Morgan fingerprint density at radius 3 is 2.69 bits per heavy atom. The maximum Gasteiger partial charge on any atom is 0.231 e. The highest BCUT2D eigenvalue weighted by Gasteiger charge is 2.54. The number of fused-ring (bicyclic) bond motifs is 2. The summed E-state index contributed by atoms with van der Waals surface area (Å²) in [4.78, 5) is 17.2. The summed E-state index contributed by atoms with van der Waals surface area (Å²) in [6.07, 6.45) is 1.38. The van der Waals surface area contributed by atoms with E-state index in [9.17, 15) is 15.0 Å². The number of hydrogen-bond acceptors (Lipinski definition) is 6. The number of carbonyl (C=O) groups is 1. The highest BCUT2D eigenvalue weighted by atomic mass is 32.1. The van der Waals surface area contributed by atoms with Gasteiger partial charge < -0.3 is 34.8 Å². The molecule has 4 aliphatic rings. The van der Waals surface area contributed by atoms with E-state index in [1.165, 1.54) is 0 Å². The van der Waals surface area contributed by atoms with Crippen molar-refractivity contribution in [3.05, 3.63) is 18.2 Å². The monoisotopic (exact) mass is 419 g/mol. The Morgan fingerprint density at radius 1 is 1.14 bits per heavy atom. The van der Waals surface area contributed by atoms with Crippen molar-refractivity contribution in [2.75, 3.05) is 24.8 Å². The molecule has 0 bridgehead atoms. The van der Waals surface area contributed by atoms with Gasteiger partial charge in [0.2, 0.25) is 12.7 Å². The van der Waals surface area contributed by atoms with E-state index in [4.69, 9.17) is 21.7 Å². The van der Waals surface area contributed by atoms with E-state index in [0.717, 1.165) is 38.0 Å². The van der Waals surface area contributed by atoms with Crippen molar-refractivity contribution in [3.8, 4) is 11.5 Å². The molecule has 3 N–H and O–H groups in total. The van der Waals surface area contributed by atoms with Crippen LogP contribution in [-0.4, -0.2) is 70.3 Å². The fourth-order valence-corrected chi connectivity index (χ4v) is 5.37. The topological polar surface area (TPSA) is 94.5 Å². The number of likely N-dealkylation sites (tertiary alicyclic amines) is 1. The minimum Gasteiger partial charge on any atom is -0.454 e. The van der Waals surface area contributed by atoms with Gasteiger partial charge in [-0.25, -0.2) is 0 Å². The molecule has 5 unspecified atom stereocenters. The highest BCUT2D eigenvalue weighted by Crippen LogP contribution is 2.41. The van der Waals surface area contributed by atoms with Crippen LogP contribution in [0.2, 0.25) is 0 Å². The molecular weight excluding hydrogens is 394 g/mol. The SMILES string of the molecule is O=C(C1CC(O)C(O)C2NC(=S)N(c3ccc4c(c3)OCO4)C12)N1CCCCC1. The van der Waals surface area contributed by atoms with Crippen molar-refractivity contribution in [2.24, 2.45) is 5.92 Å². The largest absolute Gasteiger partial charge is 0.454 e. The maximum atomic E-state index is 13.4. The fourth-order valence-electron chi connectivity index (χ4n) is 5.01. The third kappa shape index (κ3) is 3.12. The Balaban J connectivity index is 1.50. The lowest BCUT2D eigenvalue weighted by Crippen LogP contribution is -2.61. The number of amides is 1. The van der Waals surface area contributed by atoms with E-state index in [0.29, 0.717) is 16.6 Å². The van der Waals surface area contributed by atoms with E-state index in [-0.39, 0.29) is 25.2 Å². The summed E-state index contributed by atoms with van der Waals surface area (Å²) in [6, 6.07) is 4.65. The summed E-state index contributed by atoms with van der Waals surface area (Å²) < 4.78 is 10.9. The van der Waals surface area contributed by atoms with Gasteiger partial charge in [0.15, 0.2) is 16.6 Å². The molecule has 3 fully saturated rings. The molecule has 0 radical (unpaired) electrons. The van der Waals surface area contributed by atoms with E-state index in [2.05, 4.69) is 5.32 Å². The average Bonchev–Trinajstić information content (AvgIpc) is 3.34. The van der Waals surface area contributed by atoms with E-state index < -0.39 is 24.2 Å². The van der Waals surface area contributed by atoms with Crippen molar-refractivity contribution in [2.45, 2.75) is 50.0 Å². The molecule has 1 aliphatic carbocycles. The zero-order valence-electron chi connectivity index (χ0n) is 16.0. The summed E-state index contributed by atoms with van der Waals surface area (Å²) in [6.45, 7) is 1.66. The van der Waals surface area contributed by atoms with Crippen molar-refractivity contribution in [3.63, 3.8) is 0 Å². The second kappa shape index (κ2) is 7.30. The number of thiocarbonyl (C=S) groups is 1.